The van der Waals surface area contributed by atoms with Crippen LogP contribution in [0.2, 0.25) is 0 Å². The van der Waals surface area contributed by atoms with Gasteiger partial charge in [-0.3, -0.25) is 4.98 Å². The van der Waals surface area contributed by atoms with E-state index in [0.717, 1.165) is 23.6 Å². The Bertz CT molecular complexity index is 342. The molecule has 0 bridgehead atoms. The van der Waals surface area contributed by atoms with Crippen LogP contribution in [0.1, 0.15) is 50.9 Å². The fourth-order valence-electron chi connectivity index (χ4n) is 1.58. The highest BCUT2D eigenvalue weighted by molar-refractivity contribution is 5.32. The quantitative estimate of drug-likeness (QED) is 0.752. The van der Waals surface area contributed by atoms with Crippen molar-refractivity contribution in [3.8, 4) is 5.75 Å². The topological polar surface area (TPSA) is 22.1 Å². The number of hydrogen-bond donors (Lipinski definition) is 0. The van der Waals surface area contributed by atoms with E-state index in [2.05, 4.69) is 37.9 Å². The number of aryl methyl sites for hydroxylation is 1. The third kappa shape index (κ3) is 2.49. The fourth-order valence-corrected chi connectivity index (χ4v) is 1.58. The van der Waals surface area contributed by atoms with Crippen molar-refractivity contribution in [3.05, 3.63) is 23.5 Å². The van der Waals surface area contributed by atoms with Crippen LogP contribution in [0.5, 0.6) is 5.75 Å². The first-order chi connectivity index (χ1) is 7.20. The van der Waals surface area contributed by atoms with Gasteiger partial charge in [0.05, 0.1) is 11.8 Å². The van der Waals surface area contributed by atoms with Crippen molar-refractivity contribution < 1.29 is 4.74 Å². The van der Waals surface area contributed by atoms with E-state index in [1.807, 2.05) is 0 Å². The lowest BCUT2D eigenvalue weighted by atomic mass is 10.1. The minimum atomic E-state index is 0.435. The number of rotatable bonds is 4. The first kappa shape index (κ1) is 10.5. The molecule has 0 atom stereocenters. The number of ether oxygens (including phenoxy) is 1. The fraction of sp³-hybridized carbons (Fsp3) is 0.615. The zero-order chi connectivity index (χ0) is 10.8. The van der Waals surface area contributed by atoms with Crippen LogP contribution in [0.25, 0.3) is 0 Å². The standard InChI is InChI=1S/C13H19NO/c1-4-10-5-8-12(15-11-6-7-11)13(14-10)9(2)3/h5,8-9,11H,4,6-7H2,1-3H3. The van der Waals surface area contributed by atoms with Crippen molar-refractivity contribution >= 4 is 0 Å². The largest absolute Gasteiger partial charge is 0.489 e. The van der Waals surface area contributed by atoms with E-state index < -0.39 is 0 Å². The van der Waals surface area contributed by atoms with Crippen LogP contribution in [0.4, 0.5) is 0 Å². The van der Waals surface area contributed by atoms with Gasteiger partial charge in [-0.1, -0.05) is 20.8 Å². The summed E-state index contributed by atoms with van der Waals surface area (Å²) in [5.41, 5.74) is 2.27. The molecule has 0 aliphatic heterocycles. The second-order valence-corrected chi connectivity index (χ2v) is 4.51. The molecular formula is C13H19NO. The van der Waals surface area contributed by atoms with Gasteiger partial charge in [-0.15, -0.1) is 0 Å². The van der Waals surface area contributed by atoms with Crippen molar-refractivity contribution in [2.45, 2.75) is 52.1 Å². The van der Waals surface area contributed by atoms with Gasteiger partial charge in [0.1, 0.15) is 5.75 Å². The van der Waals surface area contributed by atoms with E-state index in [1.165, 1.54) is 12.8 Å². The van der Waals surface area contributed by atoms with Gasteiger partial charge in [-0.25, -0.2) is 0 Å². The lowest BCUT2D eigenvalue weighted by Gasteiger charge is -2.13. The minimum Gasteiger partial charge on any atom is -0.489 e. The summed E-state index contributed by atoms with van der Waals surface area (Å²) in [5.74, 6) is 1.43. The molecule has 0 N–H and O–H groups in total. The lowest BCUT2D eigenvalue weighted by molar-refractivity contribution is 0.296. The van der Waals surface area contributed by atoms with Crippen LogP contribution in [0.3, 0.4) is 0 Å². The third-order valence-electron chi connectivity index (χ3n) is 2.67. The second-order valence-electron chi connectivity index (χ2n) is 4.51. The maximum absolute atomic E-state index is 5.85. The minimum absolute atomic E-state index is 0.435. The van der Waals surface area contributed by atoms with Gasteiger partial charge in [-0.05, 0) is 37.3 Å². The zero-order valence-corrected chi connectivity index (χ0v) is 9.79. The Hall–Kier alpha value is -1.05. The van der Waals surface area contributed by atoms with Crippen LogP contribution < -0.4 is 4.74 Å². The average molecular weight is 205 g/mol. The first-order valence-corrected chi connectivity index (χ1v) is 5.87. The van der Waals surface area contributed by atoms with Gasteiger partial charge < -0.3 is 4.74 Å². The van der Waals surface area contributed by atoms with Crippen molar-refractivity contribution in [1.82, 2.24) is 4.98 Å². The Morgan fingerprint density at radius 1 is 1.40 bits per heavy atom. The normalized spacial score (nSPS) is 15.7. The molecular weight excluding hydrogens is 186 g/mol. The molecule has 1 heterocycles. The molecule has 1 aliphatic rings. The van der Waals surface area contributed by atoms with E-state index >= 15 is 0 Å². The molecule has 1 fully saturated rings. The summed E-state index contributed by atoms with van der Waals surface area (Å²) in [4.78, 5) is 4.65. The zero-order valence-electron chi connectivity index (χ0n) is 9.79. The van der Waals surface area contributed by atoms with Crippen molar-refractivity contribution in [1.29, 1.82) is 0 Å². The van der Waals surface area contributed by atoms with Crippen molar-refractivity contribution in [2.75, 3.05) is 0 Å². The molecule has 1 aromatic rings. The summed E-state index contributed by atoms with van der Waals surface area (Å²) >= 11 is 0. The van der Waals surface area contributed by atoms with E-state index in [-0.39, 0.29) is 0 Å². The molecule has 0 aromatic carbocycles. The molecule has 1 saturated carbocycles. The monoisotopic (exact) mass is 205 g/mol. The third-order valence-corrected chi connectivity index (χ3v) is 2.67. The number of hydrogen-bond acceptors (Lipinski definition) is 2. The Morgan fingerprint density at radius 3 is 2.67 bits per heavy atom. The molecule has 2 rings (SSSR count). The van der Waals surface area contributed by atoms with Crippen LogP contribution in [0.15, 0.2) is 12.1 Å². The molecule has 1 aliphatic carbocycles. The predicted octanol–water partition coefficient (Wildman–Crippen LogP) is 3.31. The van der Waals surface area contributed by atoms with Crippen LogP contribution in [-0.2, 0) is 6.42 Å². The van der Waals surface area contributed by atoms with Crippen molar-refractivity contribution in [3.63, 3.8) is 0 Å². The summed E-state index contributed by atoms with van der Waals surface area (Å²) in [6, 6.07) is 4.16. The molecule has 1 aromatic heterocycles. The van der Waals surface area contributed by atoms with Crippen LogP contribution in [-0.4, -0.2) is 11.1 Å². The van der Waals surface area contributed by atoms with Crippen LogP contribution >= 0.6 is 0 Å². The van der Waals surface area contributed by atoms with E-state index in [9.17, 15) is 0 Å². The molecule has 15 heavy (non-hydrogen) atoms. The molecule has 0 unspecified atom stereocenters. The first-order valence-electron chi connectivity index (χ1n) is 5.87. The maximum atomic E-state index is 5.85. The van der Waals surface area contributed by atoms with E-state index in [1.54, 1.807) is 0 Å². The SMILES string of the molecule is CCc1ccc(OC2CC2)c(C(C)C)n1. The summed E-state index contributed by atoms with van der Waals surface area (Å²) in [5, 5.41) is 0. The highest BCUT2D eigenvalue weighted by Crippen LogP contribution is 2.31. The van der Waals surface area contributed by atoms with Gasteiger partial charge in [0.15, 0.2) is 0 Å². The predicted molar refractivity (Wildman–Crippen MR) is 61.4 cm³/mol. The summed E-state index contributed by atoms with van der Waals surface area (Å²) in [7, 11) is 0. The average Bonchev–Trinajstić information content (AvgIpc) is 3.02. The maximum Gasteiger partial charge on any atom is 0.141 e. The molecule has 0 spiro atoms. The summed E-state index contributed by atoms with van der Waals surface area (Å²) in [6.07, 6.45) is 3.85. The molecule has 2 heteroatoms. The van der Waals surface area contributed by atoms with E-state index in [4.69, 9.17) is 4.74 Å². The van der Waals surface area contributed by atoms with Gasteiger partial charge >= 0.3 is 0 Å². The Balaban J connectivity index is 2.25. The van der Waals surface area contributed by atoms with Crippen molar-refractivity contribution in [2.24, 2.45) is 0 Å². The molecule has 0 radical (unpaired) electrons. The Labute approximate surface area is 91.7 Å². The smallest absolute Gasteiger partial charge is 0.141 e. The Morgan fingerprint density at radius 2 is 2.13 bits per heavy atom. The molecule has 0 amide bonds. The van der Waals surface area contributed by atoms with Gasteiger partial charge in [0.25, 0.3) is 0 Å². The highest BCUT2D eigenvalue weighted by atomic mass is 16.5. The number of nitrogens with zero attached hydrogens (tertiary/aromatic N) is 1. The molecule has 82 valence electrons. The van der Waals surface area contributed by atoms with Crippen LogP contribution in [0, 0.1) is 0 Å². The second kappa shape index (κ2) is 4.21. The summed E-state index contributed by atoms with van der Waals surface area (Å²) < 4.78 is 5.85. The lowest BCUT2D eigenvalue weighted by Crippen LogP contribution is -2.04. The number of pyridine rings is 1. The van der Waals surface area contributed by atoms with Gasteiger partial charge in [-0.2, -0.15) is 0 Å². The Kier molecular flexibility index (Phi) is 2.94. The molecule has 2 nitrogen and oxygen atoms in total. The highest BCUT2D eigenvalue weighted by Gasteiger charge is 2.25. The number of aromatic nitrogens is 1. The summed E-state index contributed by atoms with van der Waals surface area (Å²) in [6.45, 7) is 6.47. The molecule has 0 saturated heterocycles. The van der Waals surface area contributed by atoms with Gasteiger partial charge in [0.2, 0.25) is 0 Å². The van der Waals surface area contributed by atoms with Gasteiger partial charge in [0, 0.05) is 5.69 Å². The van der Waals surface area contributed by atoms with E-state index in [0.29, 0.717) is 12.0 Å².